The second-order valence-corrected chi connectivity index (χ2v) is 8.98. The van der Waals surface area contributed by atoms with Crippen molar-refractivity contribution in [1.82, 2.24) is 4.57 Å². The third kappa shape index (κ3) is 3.68. The molecular formula is C34H17N5. The van der Waals surface area contributed by atoms with Gasteiger partial charge in [-0.25, -0.2) is 9.69 Å². The lowest BCUT2D eigenvalue weighted by Gasteiger charge is -2.11. The Kier molecular flexibility index (Phi) is 5.60. The van der Waals surface area contributed by atoms with Crippen LogP contribution in [0.1, 0.15) is 11.1 Å². The molecule has 39 heavy (non-hydrogen) atoms. The average molecular weight is 496 g/mol. The molecule has 0 saturated heterocycles. The van der Waals surface area contributed by atoms with Gasteiger partial charge >= 0.3 is 0 Å². The minimum atomic E-state index is 0.435. The van der Waals surface area contributed by atoms with Crippen LogP contribution in [0.5, 0.6) is 0 Å². The molecule has 0 amide bonds. The van der Waals surface area contributed by atoms with E-state index >= 15 is 0 Å². The summed E-state index contributed by atoms with van der Waals surface area (Å²) in [7, 11) is 0. The number of rotatable bonds is 3. The van der Waals surface area contributed by atoms with Crippen molar-refractivity contribution in [3.63, 3.8) is 0 Å². The lowest BCUT2D eigenvalue weighted by Crippen LogP contribution is -1.95. The molecule has 1 aromatic heterocycles. The minimum Gasteiger partial charge on any atom is -0.309 e. The van der Waals surface area contributed by atoms with Crippen LogP contribution in [0.4, 0.5) is 11.4 Å². The predicted molar refractivity (Wildman–Crippen MR) is 154 cm³/mol. The van der Waals surface area contributed by atoms with Gasteiger partial charge in [-0.15, -0.1) is 0 Å². The number of fused-ring (bicyclic) bond motifs is 3. The van der Waals surface area contributed by atoms with Gasteiger partial charge in [0.1, 0.15) is 0 Å². The molecule has 5 aromatic carbocycles. The van der Waals surface area contributed by atoms with Crippen molar-refractivity contribution >= 4 is 33.2 Å². The predicted octanol–water partition coefficient (Wildman–Crippen LogP) is 8.96. The van der Waals surface area contributed by atoms with E-state index in [0.717, 1.165) is 38.6 Å². The first-order valence-electron chi connectivity index (χ1n) is 12.1. The molecule has 0 aliphatic rings. The zero-order valence-electron chi connectivity index (χ0n) is 20.6. The van der Waals surface area contributed by atoms with Crippen molar-refractivity contribution in [3.05, 3.63) is 137 Å². The maximum Gasteiger partial charge on any atom is 0.184 e. The van der Waals surface area contributed by atoms with Gasteiger partial charge < -0.3 is 4.57 Å². The number of aromatic nitrogens is 1. The van der Waals surface area contributed by atoms with E-state index < -0.39 is 0 Å². The van der Waals surface area contributed by atoms with E-state index in [1.807, 2.05) is 66.7 Å². The van der Waals surface area contributed by atoms with E-state index in [4.69, 9.17) is 13.1 Å². The quantitative estimate of drug-likeness (QED) is 0.230. The SMILES string of the molecule is [C-]#[N+]c1cccc([N+]#[C-])c1-c1ccc2c3ccc(-c4c(C#N)cccc4C#N)cc3n(-c3ccccc3)c2c1. The lowest BCUT2D eigenvalue weighted by molar-refractivity contribution is 1.18. The van der Waals surface area contributed by atoms with Gasteiger partial charge in [-0.3, -0.25) is 0 Å². The molecule has 0 saturated carbocycles. The second kappa shape index (κ2) is 9.38. The van der Waals surface area contributed by atoms with Crippen LogP contribution in [0.2, 0.25) is 0 Å². The molecule has 0 unspecified atom stereocenters. The van der Waals surface area contributed by atoms with Gasteiger partial charge in [0.25, 0.3) is 0 Å². The molecule has 178 valence electrons. The van der Waals surface area contributed by atoms with Crippen molar-refractivity contribution in [2.75, 3.05) is 0 Å². The largest absolute Gasteiger partial charge is 0.309 e. The van der Waals surface area contributed by atoms with Gasteiger partial charge in [0.05, 0.1) is 47.4 Å². The third-order valence-corrected chi connectivity index (χ3v) is 6.93. The van der Waals surface area contributed by atoms with Crippen LogP contribution in [0, 0.1) is 35.8 Å². The first-order valence-corrected chi connectivity index (χ1v) is 12.1. The Morgan fingerprint density at radius 2 is 1.08 bits per heavy atom. The Morgan fingerprint density at radius 3 is 1.59 bits per heavy atom. The first kappa shape index (κ1) is 23.3. The Hall–Kier alpha value is -6.14. The summed E-state index contributed by atoms with van der Waals surface area (Å²) in [5, 5.41) is 21.6. The first-order chi connectivity index (χ1) is 19.2. The molecule has 5 heteroatoms. The highest BCUT2D eigenvalue weighted by Gasteiger charge is 2.18. The van der Waals surface area contributed by atoms with Crippen molar-refractivity contribution < 1.29 is 0 Å². The molecule has 0 spiro atoms. The highest BCUT2D eigenvalue weighted by Crippen LogP contribution is 2.42. The van der Waals surface area contributed by atoms with Crippen LogP contribution in [0.25, 0.3) is 59.4 Å². The van der Waals surface area contributed by atoms with Crippen LogP contribution < -0.4 is 0 Å². The molecule has 0 radical (unpaired) electrons. The smallest absolute Gasteiger partial charge is 0.184 e. The zero-order valence-corrected chi connectivity index (χ0v) is 20.6. The maximum atomic E-state index is 9.78. The van der Waals surface area contributed by atoms with Crippen LogP contribution in [-0.2, 0) is 0 Å². The second-order valence-electron chi connectivity index (χ2n) is 8.98. The number of hydrogen-bond donors (Lipinski definition) is 0. The fourth-order valence-electron chi connectivity index (χ4n) is 5.24. The number of nitriles is 2. The Bertz CT molecular complexity index is 1910. The molecule has 6 aromatic rings. The number of nitrogens with zero attached hydrogens (tertiary/aromatic N) is 5. The number of benzene rings is 5. The van der Waals surface area contributed by atoms with Crippen LogP contribution in [0.3, 0.4) is 0 Å². The van der Waals surface area contributed by atoms with Crippen LogP contribution in [0.15, 0.2) is 103 Å². The van der Waals surface area contributed by atoms with Crippen molar-refractivity contribution in [1.29, 1.82) is 10.5 Å². The summed E-state index contributed by atoms with van der Waals surface area (Å²) in [6, 6.07) is 36.8. The van der Waals surface area contributed by atoms with Crippen molar-refractivity contribution in [2.24, 2.45) is 0 Å². The van der Waals surface area contributed by atoms with E-state index in [1.165, 1.54) is 0 Å². The molecule has 0 atom stereocenters. The van der Waals surface area contributed by atoms with Gasteiger partial charge in [0.2, 0.25) is 0 Å². The monoisotopic (exact) mass is 495 g/mol. The highest BCUT2D eigenvalue weighted by atomic mass is 15.0. The molecule has 0 aliphatic heterocycles. The van der Waals surface area contributed by atoms with Gasteiger partial charge in [-0.1, -0.05) is 66.7 Å². The van der Waals surface area contributed by atoms with Gasteiger partial charge in [0.15, 0.2) is 11.4 Å². The molecule has 0 fully saturated rings. The van der Waals surface area contributed by atoms with Crippen LogP contribution >= 0.6 is 0 Å². The fourth-order valence-corrected chi connectivity index (χ4v) is 5.24. The number of hydrogen-bond acceptors (Lipinski definition) is 2. The Labute approximate surface area is 225 Å². The normalized spacial score (nSPS) is 10.5. The van der Waals surface area contributed by atoms with Gasteiger partial charge in [-0.2, -0.15) is 10.5 Å². The summed E-state index contributed by atoms with van der Waals surface area (Å²) in [5.74, 6) is 0. The van der Waals surface area contributed by atoms with E-state index in [9.17, 15) is 10.5 Å². The summed E-state index contributed by atoms with van der Waals surface area (Å²) < 4.78 is 2.15. The topological polar surface area (TPSA) is 61.2 Å². The summed E-state index contributed by atoms with van der Waals surface area (Å²) >= 11 is 0. The summed E-state index contributed by atoms with van der Waals surface area (Å²) in [5.41, 5.74) is 7.37. The zero-order chi connectivity index (χ0) is 26.9. The Morgan fingerprint density at radius 1 is 0.564 bits per heavy atom. The molecule has 0 N–H and O–H groups in total. The summed E-state index contributed by atoms with van der Waals surface area (Å²) in [6.45, 7) is 15.4. The van der Waals surface area contributed by atoms with Gasteiger partial charge in [0, 0.05) is 22.0 Å². The standard InChI is InChI=1S/C34H17N5/c1-37-29-12-7-13-30(38-2)34(29)23-15-17-28-27-16-14-22(33-24(20-35)8-6-9-25(33)21-36)18-31(27)39(32(28)19-23)26-10-4-3-5-11-26/h3-19H. The fraction of sp³-hybridized carbons (Fsp3) is 0. The number of para-hydroxylation sites is 1. The molecule has 1 heterocycles. The van der Waals surface area contributed by atoms with Crippen molar-refractivity contribution in [3.8, 4) is 40.1 Å². The molecule has 0 bridgehead atoms. The molecule has 6 rings (SSSR count). The summed E-state index contributed by atoms with van der Waals surface area (Å²) in [6.07, 6.45) is 0. The van der Waals surface area contributed by atoms with E-state index in [-0.39, 0.29) is 0 Å². The van der Waals surface area contributed by atoms with E-state index in [0.29, 0.717) is 33.6 Å². The van der Waals surface area contributed by atoms with E-state index in [1.54, 1.807) is 36.4 Å². The average Bonchev–Trinajstić information content (AvgIpc) is 3.33. The minimum absolute atomic E-state index is 0.435. The Balaban J connectivity index is 1.71. The van der Waals surface area contributed by atoms with Crippen LogP contribution in [-0.4, -0.2) is 4.57 Å². The highest BCUT2D eigenvalue weighted by molar-refractivity contribution is 6.12. The molecular weight excluding hydrogens is 478 g/mol. The summed E-state index contributed by atoms with van der Waals surface area (Å²) in [4.78, 5) is 7.37. The third-order valence-electron chi connectivity index (χ3n) is 6.93. The van der Waals surface area contributed by atoms with Crippen molar-refractivity contribution in [2.45, 2.75) is 0 Å². The molecule has 0 aliphatic carbocycles. The molecule has 5 nitrogen and oxygen atoms in total. The maximum absolute atomic E-state index is 9.78. The lowest BCUT2D eigenvalue weighted by atomic mass is 9.94. The van der Waals surface area contributed by atoms with E-state index in [2.05, 4.69) is 26.4 Å². The van der Waals surface area contributed by atoms with Gasteiger partial charge in [-0.05, 0) is 53.1 Å².